The van der Waals surface area contributed by atoms with Gasteiger partial charge in [0.2, 0.25) is 0 Å². The summed E-state index contributed by atoms with van der Waals surface area (Å²) in [6.45, 7) is 13.5. The van der Waals surface area contributed by atoms with Crippen molar-refractivity contribution >= 4 is 6.08 Å². The number of hydrogen-bond donors (Lipinski definition) is 0. The minimum atomic E-state index is 0.639. The standard InChI is InChI=1S/C18H17.C5H8.Zr/c1-13(2)16-11-15-9-6-10-17(18(15)12-16)14-7-4-3-5-8-14;1-4-5(2)3;/h3-13H,1-2H3;4H,1-2H2,3H3;. The fourth-order valence-corrected chi connectivity index (χ4v) is 4.44. The van der Waals surface area contributed by atoms with E-state index in [1.165, 1.54) is 22.3 Å². The van der Waals surface area contributed by atoms with Gasteiger partial charge in [0.15, 0.2) is 0 Å². The molecule has 1 atom stereocenters. The van der Waals surface area contributed by atoms with Gasteiger partial charge in [-0.2, -0.15) is 0 Å². The molecule has 0 bridgehead atoms. The summed E-state index contributed by atoms with van der Waals surface area (Å²) < 4.78 is 0.644. The maximum absolute atomic E-state index is 3.56. The second-order valence-electron chi connectivity index (χ2n) is 6.46. The molecule has 0 amide bonds. The van der Waals surface area contributed by atoms with Crippen molar-refractivity contribution in [1.82, 2.24) is 0 Å². The summed E-state index contributed by atoms with van der Waals surface area (Å²) in [7, 11) is 0. The molecule has 0 N–H and O–H groups in total. The summed E-state index contributed by atoms with van der Waals surface area (Å²) in [5.74, 6) is 0.639. The van der Waals surface area contributed by atoms with Gasteiger partial charge in [0.25, 0.3) is 0 Å². The quantitative estimate of drug-likeness (QED) is 0.507. The summed E-state index contributed by atoms with van der Waals surface area (Å²) in [6, 6.07) is 17.5. The molecule has 24 heavy (non-hydrogen) atoms. The van der Waals surface area contributed by atoms with Crippen molar-refractivity contribution in [3.8, 4) is 11.1 Å². The van der Waals surface area contributed by atoms with E-state index in [1.54, 1.807) is 36.4 Å². The molecule has 3 rings (SSSR count). The predicted molar refractivity (Wildman–Crippen MR) is 102 cm³/mol. The molecule has 1 aliphatic carbocycles. The van der Waals surface area contributed by atoms with Crippen LogP contribution in [0.25, 0.3) is 17.2 Å². The van der Waals surface area contributed by atoms with Crippen molar-refractivity contribution in [2.45, 2.75) is 24.4 Å². The molecule has 2 aromatic rings. The molecule has 0 spiro atoms. The van der Waals surface area contributed by atoms with Crippen molar-refractivity contribution in [2.24, 2.45) is 5.92 Å². The van der Waals surface area contributed by atoms with Crippen molar-refractivity contribution in [2.75, 3.05) is 0 Å². The molecular weight excluding hydrogens is 367 g/mol. The van der Waals surface area contributed by atoms with Crippen LogP contribution >= 0.6 is 0 Å². The Kier molecular flexibility index (Phi) is 6.75. The minimum absolute atomic E-state index is 0.639. The second kappa shape index (κ2) is 8.58. The van der Waals surface area contributed by atoms with Gasteiger partial charge in [0, 0.05) is 0 Å². The number of allylic oxidation sites excluding steroid dienone is 3. The predicted octanol–water partition coefficient (Wildman–Crippen LogP) is 6.74. The molecule has 2 aromatic carbocycles. The average molecular weight is 393 g/mol. The van der Waals surface area contributed by atoms with Crippen LogP contribution in [0.3, 0.4) is 0 Å². The molecule has 0 radical (unpaired) electrons. The van der Waals surface area contributed by atoms with Crippen molar-refractivity contribution in [1.29, 1.82) is 0 Å². The van der Waals surface area contributed by atoms with E-state index < -0.39 is 0 Å². The van der Waals surface area contributed by atoms with Gasteiger partial charge >= 0.3 is 131 Å². The molecule has 0 heterocycles. The van der Waals surface area contributed by atoms with Crippen LogP contribution in [0.5, 0.6) is 0 Å². The Bertz CT molecular complexity index is 751. The Morgan fingerprint density at radius 3 is 2.25 bits per heavy atom. The Morgan fingerprint density at radius 1 is 1.08 bits per heavy atom. The van der Waals surface area contributed by atoms with E-state index in [4.69, 9.17) is 0 Å². The van der Waals surface area contributed by atoms with Crippen molar-refractivity contribution < 1.29 is 24.7 Å². The van der Waals surface area contributed by atoms with Gasteiger partial charge in [-0.15, -0.1) is 0 Å². The molecule has 1 unspecified atom stereocenters. The number of benzene rings is 2. The molecule has 0 fully saturated rings. The van der Waals surface area contributed by atoms with E-state index in [9.17, 15) is 0 Å². The Balaban J connectivity index is 0.000000368. The number of hydrogen-bond acceptors (Lipinski definition) is 0. The number of rotatable bonds is 3. The molecule has 1 heteroatoms. The van der Waals surface area contributed by atoms with Gasteiger partial charge < -0.3 is 0 Å². The van der Waals surface area contributed by atoms with Crippen LogP contribution in [0.2, 0.25) is 0 Å². The van der Waals surface area contributed by atoms with Gasteiger partial charge in [0.05, 0.1) is 0 Å². The van der Waals surface area contributed by atoms with Gasteiger partial charge in [-0.1, -0.05) is 24.8 Å². The molecule has 0 nitrogen and oxygen atoms in total. The fourth-order valence-electron chi connectivity index (χ4n) is 2.79. The van der Waals surface area contributed by atoms with Crippen molar-refractivity contribution in [3.05, 3.63) is 90.0 Å². The first-order chi connectivity index (χ1) is 11.5. The second-order valence-corrected chi connectivity index (χ2v) is 7.88. The van der Waals surface area contributed by atoms with Crippen LogP contribution in [0.15, 0.2) is 78.9 Å². The summed E-state index contributed by atoms with van der Waals surface area (Å²) >= 11 is 1.60. The molecule has 0 aromatic heterocycles. The first kappa shape index (κ1) is 18.9. The Hall–Kier alpha value is -1.46. The zero-order valence-corrected chi connectivity index (χ0v) is 17.3. The SMILES string of the molecule is C=CC(=C)C.CC(C)C1=Cc2c(-c3ccccc3)cccc2[CH]1[Zr]. The van der Waals surface area contributed by atoms with Crippen LogP contribution in [-0.2, 0) is 24.7 Å². The summed E-state index contributed by atoms with van der Waals surface area (Å²) in [4.78, 5) is 0. The number of fused-ring (bicyclic) bond motifs is 1. The topological polar surface area (TPSA) is 0 Å². The molecule has 0 aliphatic heterocycles. The first-order valence-electron chi connectivity index (χ1n) is 8.34. The normalized spacial score (nSPS) is 15.1. The molecule has 121 valence electrons. The maximum atomic E-state index is 3.56. The summed E-state index contributed by atoms with van der Waals surface area (Å²) in [5.41, 5.74) is 8.27. The van der Waals surface area contributed by atoms with Crippen molar-refractivity contribution in [3.63, 3.8) is 0 Å². The fraction of sp³-hybridized carbons (Fsp3) is 0.217. The van der Waals surface area contributed by atoms with E-state index in [0.717, 1.165) is 5.57 Å². The van der Waals surface area contributed by atoms with E-state index in [2.05, 4.69) is 81.6 Å². The monoisotopic (exact) mass is 391 g/mol. The van der Waals surface area contributed by atoms with Crippen LogP contribution in [0.4, 0.5) is 0 Å². The Morgan fingerprint density at radius 2 is 1.71 bits per heavy atom. The Labute approximate surface area is 161 Å². The van der Waals surface area contributed by atoms with Crippen LogP contribution < -0.4 is 0 Å². The van der Waals surface area contributed by atoms with Crippen LogP contribution in [0.1, 0.15) is 35.5 Å². The zero-order chi connectivity index (χ0) is 17.7. The van der Waals surface area contributed by atoms with Crippen LogP contribution in [0, 0.1) is 5.92 Å². The van der Waals surface area contributed by atoms with Gasteiger partial charge in [-0.25, -0.2) is 0 Å². The van der Waals surface area contributed by atoms with E-state index in [0.29, 0.717) is 9.54 Å². The van der Waals surface area contributed by atoms with Crippen LogP contribution in [-0.4, -0.2) is 0 Å². The van der Waals surface area contributed by atoms with Gasteiger partial charge in [-0.3, -0.25) is 0 Å². The summed E-state index contributed by atoms with van der Waals surface area (Å²) in [6.07, 6.45) is 4.15. The molecule has 0 saturated carbocycles. The third-order valence-corrected chi connectivity index (χ3v) is 5.78. The summed E-state index contributed by atoms with van der Waals surface area (Å²) in [5, 5.41) is 0. The molecular formula is C23H25Zr. The van der Waals surface area contributed by atoms with E-state index in [1.807, 2.05) is 6.92 Å². The average Bonchev–Trinajstić information content (AvgIpc) is 2.93. The van der Waals surface area contributed by atoms with E-state index >= 15 is 0 Å². The molecule has 1 aliphatic rings. The van der Waals surface area contributed by atoms with Gasteiger partial charge in [-0.05, 0) is 6.92 Å². The third-order valence-electron chi connectivity index (χ3n) is 4.20. The molecule has 0 saturated heterocycles. The first-order valence-corrected chi connectivity index (χ1v) is 9.76. The third kappa shape index (κ3) is 4.34. The van der Waals surface area contributed by atoms with E-state index in [-0.39, 0.29) is 0 Å². The zero-order valence-electron chi connectivity index (χ0n) is 14.8. The van der Waals surface area contributed by atoms with Gasteiger partial charge in [0.1, 0.15) is 0 Å².